The summed E-state index contributed by atoms with van der Waals surface area (Å²) in [5, 5.41) is 136. The van der Waals surface area contributed by atoms with Gasteiger partial charge in [0.25, 0.3) is 0 Å². The quantitative estimate of drug-likeness (QED) is 0.0947. The molecule has 280 valence electrons. The van der Waals surface area contributed by atoms with E-state index in [0.717, 1.165) is 6.92 Å². The molecule has 0 aliphatic carbocycles. The molecular weight excluding hydrogens is 662 g/mol. The highest BCUT2D eigenvalue weighted by Gasteiger charge is 2.53. The molecule has 0 bridgehead atoms. The van der Waals surface area contributed by atoms with E-state index in [4.69, 9.17) is 33.2 Å². The second-order valence-electron chi connectivity index (χ2n) is 11.9. The largest absolute Gasteiger partial charge is 0.394 e. The Balaban J connectivity index is 1.47. The molecule has 0 aromatic heterocycles. The van der Waals surface area contributed by atoms with Crippen LogP contribution in [0.4, 0.5) is 0 Å². The zero-order valence-corrected chi connectivity index (χ0v) is 25.5. The molecule has 0 aromatic carbocycles. The van der Waals surface area contributed by atoms with Crippen molar-refractivity contribution in [3.63, 3.8) is 0 Å². The van der Waals surface area contributed by atoms with Gasteiger partial charge >= 0.3 is 0 Å². The Labute approximate surface area is 272 Å². The van der Waals surface area contributed by atoms with Gasteiger partial charge in [0, 0.05) is 6.92 Å². The minimum absolute atomic E-state index is 0.689. The highest BCUT2D eigenvalue weighted by molar-refractivity contribution is 5.73. The summed E-state index contributed by atoms with van der Waals surface area (Å²) < 4.78 is 38.4. The van der Waals surface area contributed by atoms with E-state index in [1.54, 1.807) is 0 Å². The Hall–Kier alpha value is -1.33. The van der Waals surface area contributed by atoms with Crippen LogP contribution >= 0.6 is 0 Å². The molecule has 22 heteroatoms. The standard InChI is InChI=1S/C26H45NO21/c1-6(31)27-11-14(34)22(48-26-19(39)16(36)13(33)8(3-29)45-26)10(43-23(11)41)5-42-24-20(40)17(37)21(9(4-30)46-24)47-25-18(38)15(35)12(32)7(2-28)44-25/h7-26,28-30,32-41H,2-5H2,1H3,(H,27,31)/t7-,8-,9-,10-,11-,12+,13+,14-,15+,16+,17-,18-,19-,20-,21-,22-,23-,24-,25+,26+/m1/s1. The Morgan fingerprint density at radius 2 is 0.979 bits per heavy atom. The van der Waals surface area contributed by atoms with E-state index in [1.807, 2.05) is 0 Å². The summed E-state index contributed by atoms with van der Waals surface area (Å²) in [7, 11) is 0. The van der Waals surface area contributed by atoms with E-state index in [1.165, 1.54) is 0 Å². The minimum atomic E-state index is -1.96. The van der Waals surface area contributed by atoms with Crippen molar-refractivity contribution in [1.29, 1.82) is 0 Å². The Morgan fingerprint density at radius 3 is 1.44 bits per heavy atom. The average Bonchev–Trinajstić information content (AvgIpc) is 3.06. The Morgan fingerprint density at radius 1 is 0.542 bits per heavy atom. The summed E-state index contributed by atoms with van der Waals surface area (Å²) in [6.45, 7) is -2.10. The maximum absolute atomic E-state index is 11.7. The van der Waals surface area contributed by atoms with Crippen molar-refractivity contribution in [2.75, 3.05) is 26.4 Å². The number of amides is 1. The summed E-state index contributed by atoms with van der Waals surface area (Å²) in [5.41, 5.74) is 0. The van der Waals surface area contributed by atoms with Gasteiger partial charge in [-0.1, -0.05) is 0 Å². The molecule has 4 aliphatic rings. The van der Waals surface area contributed by atoms with Gasteiger partial charge in [-0.05, 0) is 0 Å². The van der Waals surface area contributed by atoms with Gasteiger partial charge < -0.3 is 105 Å². The average molecular weight is 708 g/mol. The van der Waals surface area contributed by atoms with E-state index in [-0.39, 0.29) is 0 Å². The molecule has 4 saturated heterocycles. The van der Waals surface area contributed by atoms with Crippen LogP contribution in [0.2, 0.25) is 0 Å². The number of carbonyl (C=O) groups excluding carboxylic acids is 1. The lowest BCUT2D eigenvalue weighted by Crippen LogP contribution is -2.67. The van der Waals surface area contributed by atoms with E-state index in [9.17, 15) is 71.2 Å². The molecule has 0 radical (unpaired) electrons. The monoisotopic (exact) mass is 707 g/mol. The first-order valence-electron chi connectivity index (χ1n) is 15.1. The van der Waals surface area contributed by atoms with Gasteiger partial charge in [-0.2, -0.15) is 0 Å². The van der Waals surface area contributed by atoms with E-state index >= 15 is 0 Å². The van der Waals surface area contributed by atoms with Crippen LogP contribution in [-0.4, -0.2) is 221 Å². The molecule has 4 rings (SSSR count). The number of rotatable bonds is 11. The lowest BCUT2D eigenvalue weighted by molar-refractivity contribution is -0.368. The topological polar surface area (TPSA) is 357 Å². The second kappa shape index (κ2) is 16.8. The lowest BCUT2D eigenvalue weighted by Gasteiger charge is -2.47. The fraction of sp³-hybridized carbons (Fsp3) is 0.962. The van der Waals surface area contributed by atoms with Gasteiger partial charge in [0.15, 0.2) is 25.2 Å². The van der Waals surface area contributed by atoms with Gasteiger partial charge in [0.05, 0.1) is 26.4 Å². The van der Waals surface area contributed by atoms with Gasteiger partial charge in [0.2, 0.25) is 5.91 Å². The summed E-state index contributed by atoms with van der Waals surface area (Å²) in [6, 6.07) is -1.51. The van der Waals surface area contributed by atoms with Gasteiger partial charge in [0.1, 0.15) is 97.6 Å². The molecule has 14 N–H and O–H groups in total. The van der Waals surface area contributed by atoms with E-state index < -0.39 is 155 Å². The molecular formula is C26H45NO21. The van der Waals surface area contributed by atoms with Crippen molar-refractivity contribution in [1.82, 2.24) is 5.32 Å². The van der Waals surface area contributed by atoms with Crippen molar-refractivity contribution in [3.05, 3.63) is 0 Å². The molecule has 0 spiro atoms. The predicted octanol–water partition coefficient (Wildman–Crippen LogP) is -9.61. The summed E-state index contributed by atoms with van der Waals surface area (Å²) in [4.78, 5) is 11.7. The number of nitrogens with one attached hydrogen (secondary N) is 1. The molecule has 4 aliphatic heterocycles. The van der Waals surface area contributed by atoms with Crippen LogP contribution in [0.15, 0.2) is 0 Å². The Kier molecular flexibility index (Phi) is 13.8. The van der Waals surface area contributed by atoms with Crippen molar-refractivity contribution in [3.8, 4) is 0 Å². The highest BCUT2D eigenvalue weighted by Crippen LogP contribution is 2.32. The third-order valence-corrected chi connectivity index (χ3v) is 8.59. The normalized spacial score (nSPS) is 50.2. The fourth-order valence-electron chi connectivity index (χ4n) is 5.85. The lowest BCUT2D eigenvalue weighted by atomic mass is 9.95. The van der Waals surface area contributed by atoms with Crippen LogP contribution in [0.25, 0.3) is 0 Å². The molecule has 0 aromatic rings. The molecule has 22 nitrogen and oxygen atoms in total. The van der Waals surface area contributed by atoms with Crippen LogP contribution in [0.5, 0.6) is 0 Å². The molecule has 4 fully saturated rings. The number of hydrogen-bond acceptors (Lipinski definition) is 21. The molecule has 1 amide bonds. The minimum Gasteiger partial charge on any atom is -0.394 e. The molecule has 20 atom stereocenters. The molecule has 48 heavy (non-hydrogen) atoms. The van der Waals surface area contributed by atoms with Crippen LogP contribution in [0.1, 0.15) is 6.92 Å². The second-order valence-corrected chi connectivity index (χ2v) is 11.9. The fourth-order valence-corrected chi connectivity index (χ4v) is 5.85. The first-order chi connectivity index (χ1) is 22.6. The van der Waals surface area contributed by atoms with Crippen molar-refractivity contribution in [2.24, 2.45) is 0 Å². The first-order valence-corrected chi connectivity index (χ1v) is 15.1. The molecule has 4 heterocycles. The number of aliphatic hydroxyl groups is 13. The van der Waals surface area contributed by atoms with Gasteiger partial charge in [-0.15, -0.1) is 0 Å². The van der Waals surface area contributed by atoms with E-state index in [0.29, 0.717) is 0 Å². The van der Waals surface area contributed by atoms with Gasteiger partial charge in [-0.3, -0.25) is 4.79 Å². The third kappa shape index (κ3) is 8.24. The maximum atomic E-state index is 11.7. The number of aliphatic hydroxyl groups excluding tert-OH is 13. The Bertz CT molecular complexity index is 1020. The van der Waals surface area contributed by atoms with Gasteiger partial charge in [-0.25, -0.2) is 0 Å². The summed E-state index contributed by atoms with van der Waals surface area (Å²) >= 11 is 0. The maximum Gasteiger partial charge on any atom is 0.217 e. The van der Waals surface area contributed by atoms with Crippen LogP contribution in [0.3, 0.4) is 0 Å². The predicted molar refractivity (Wildman–Crippen MR) is 145 cm³/mol. The molecule has 0 unspecified atom stereocenters. The summed E-state index contributed by atoms with van der Waals surface area (Å²) in [5.74, 6) is -0.689. The molecule has 0 saturated carbocycles. The van der Waals surface area contributed by atoms with E-state index in [2.05, 4.69) is 5.32 Å². The van der Waals surface area contributed by atoms with Crippen molar-refractivity contribution in [2.45, 2.75) is 130 Å². The number of hydrogen-bond donors (Lipinski definition) is 14. The highest BCUT2D eigenvalue weighted by atomic mass is 16.8. The van der Waals surface area contributed by atoms with Crippen molar-refractivity contribution < 1.29 is 104 Å². The zero-order chi connectivity index (χ0) is 35.6. The third-order valence-electron chi connectivity index (χ3n) is 8.59. The smallest absolute Gasteiger partial charge is 0.217 e. The SMILES string of the molecule is CC(=O)N[C@@H]1[C@@H](O)[C@H](O[C@@H]2O[C@H](CO)[C@H](O)[C@H](O)[C@H]2O)[C@@H](CO[C@@H]2O[C@H](CO)[C@@H](O[C@@H]3O[C@H](CO)[C@H](O)[C@H](O)[C@H]3O)[C@H](O)[C@H]2O)O[C@H]1O. The van der Waals surface area contributed by atoms with Crippen LogP contribution in [0, 0.1) is 0 Å². The number of carbonyl (C=O) groups is 1. The van der Waals surface area contributed by atoms with Crippen molar-refractivity contribution >= 4 is 5.91 Å². The van der Waals surface area contributed by atoms with Crippen LogP contribution in [-0.2, 0) is 38.0 Å². The van der Waals surface area contributed by atoms with Crippen LogP contribution < -0.4 is 5.32 Å². The zero-order valence-electron chi connectivity index (χ0n) is 25.5. The first kappa shape index (κ1) is 39.5. The summed E-state index contributed by atoms with van der Waals surface area (Å²) in [6.07, 6.45) is -33.0. The number of ether oxygens (including phenoxy) is 7.